The van der Waals surface area contributed by atoms with Gasteiger partial charge in [-0.1, -0.05) is 48.5 Å². The van der Waals surface area contributed by atoms with Crippen LogP contribution in [0.4, 0.5) is 22.7 Å². The fourth-order valence-electron chi connectivity index (χ4n) is 4.28. The third-order valence-corrected chi connectivity index (χ3v) is 5.84. The number of hydrogen-bond donors (Lipinski definition) is 2. The first kappa shape index (κ1) is 19.8. The van der Waals surface area contributed by atoms with Crippen molar-refractivity contribution in [3.8, 4) is 0 Å². The number of hydrogen-bond acceptors (Lipinski definition) is 4. The minimum absolute atomic E-state index is 0.133. The molecule has 0 aliphatic heterocycles. The molecule has 4 aromatic carbocycles. The number of carbonyl (C=O) groups is 2. The van der Waals surface area contributed by atoms with E-state index in [9.17, 15) is 9.59 Å². The molecule has 0 radical (unpaired) electrons. The van der Waals surface area contributed by atoms with E-state index in [1.54, 1.807) is 0 Å². The molecule has 1 aliphatic carbocycles. The molecule has 0 saturated carbocycles. The molecule has 156 valence electrons. The Morgan fingerprint density at radius 1 is 0.469 bits per heavy atom. The van der Waals surface area contributed by atoms with Gasteiger partial charge in [-0.05, 0) is 61.4 Å². The van der Waals surface area contributed by atoms with E-state index >= 15 is 0 Å². The van der Waals surface area contributed by atoms with Crippen molar-refractivity contribution in [1.29, 1.82) is 0 Å². The van der Waals surface area contributed by atoms with Crippen LogP contribution in [0, 0.1) is 13.8 Å². The van der Waals surface area contributed by atoms with Crippen molar-refractivity contribution in [1.82, 2.24) is 0 Å². The maximum Gasteiger partial charge on any atom is 0.196 e. The molecular weight excluding hydrogens is 396 g/mol. The molecule has 32 heavy (non-hydrogen) atoms. The second-order valence-corrected chi connectivity index (χ2v) is 8.00. The molecule has 0 aromatic heterocycles. The number of carbonyl (C=O) groups excluding carboxylic acids is 2. The van der Waals surface area contributed by atoms with Gasteiger partial charge in [0.25, 0.3) is 0 Å². The fourth-order valence-corrected chi connectivity index (χ4v) is 4.28. The smallest absolute Gasteiger partial charge is 0.196 e. The standard InChI is InChI=1S/C28H22N2O2/c1-17-13-14-18(2)24-23(17)27(31)25-21(29-19-9-5-3-6-10-19)15-16-22(26(25)28(24)32)30-20-11-7-4-8-12-20/h3-16,29-30H,1-2H3. The zero-order chi connectivity index (χ0) is 22.2. The van der Waals surface area contributed by atoms with Crippen molar-refractivity contribution in [2.24, 2.45) is 0 Å². The molecule has 0 fully saturated rings. The molecule has 0 bridgehead atoms. The van der Waals surface area contributed by atoms with E-state index in [0.29, 0.717) is 33.6 Å². The number of benzene rings is 4. The highest BCUT2D eigenvalue weighted by molar-refractivity contribution is 6.33. The highest BCUT2D eigenvalue weighted by Crippen LogP contribution is 2.40. The first-order valence-corrected chi connectivity index (χ1v) is 10.6. The average Bonchev–Trinajstić information content (AvgIpc) is 2.81. The van der Waals surface area contributed by atoms with Gasteiger partial charge < -0.3 is 10.6 Å². The topological polar surface area (TPSA) is 58.2 Å². The van der Waals surface area contributed by atoms with Gasteiger partial charge in [0.1, 0.15) is 0 Å². The van der Waals surface area contributed by atoms with Gasteiger partial charge in [-0.25, -0.2) is 0 Å². The predicted octanol–water partition coefficient (Wildman–Crippen LogP) is 6.57. The summed E-state index contributed by atoms with van der Waals surface area (Å²) < 4.78 is 0. The number of rotatable bonds is 4. The summed E-state index contributed by atoms with van der Waals surface area (Å²) in [4.78, 5) is 27.6. The zero-order valence-electron chi connectivity index (χ0n) is 17.9. The highest BCUT2D eigenvalue weighted by Gasteiger charge is 2.36. The van der Waals surface area contributed by atoms with Crippen molar-refractivity contribution in [2.45, 2.75) is 13.8 Å². The lowest BCUT2D eigenvalue weighted by molar-refractivity contribution is 0.0979. The molecule has 0 unspecified atom stereocenters. The van der Waals surface area contributed by atoms with Gasteiger partial charge in [0.2, 0.25) is 0 Å². The number of nitrogens with one attached hydrogen (secondary N) is 2. The molecule has 1 aliphatic rings. The highest BCUT2D eigenvalue weighted by atomic mass is 16.1. The summed E-state index contributed by atoms with van der Waals surface area (Å²) in [6.07, 6.45) is 0. The van der Waals surface area contributed by atoms with Crippen LogP contribution >= 0.6 is 0 Å². The second-order valence-electron chi connectivity index (χ2n) is 8.00. The minimum Gasteiger partial charge on any atom is -0.355 e. The van der Waals surface area contributed by atoms with Crippen molar-refractivity contribution in [3.05, 3.63) is 118 Å². The van der Waals surface area contributed by atoms with Gasteiger partial charge in [-0.3, -0.25) is 9.59 Å². The summed E-state index contributed by atoms with van der Waals surface area (Å²) in [7, 11) is 0. The first-order valence-electron chi connectivity index (χ1n) is 10.6. The molecule has 0 heterocycles. The van der Waals surface area contributed by atoms with E-state index in [0.717, 1.165) is 22.5 Å². The normalized spacial score (nSPS) is 12.2. The monoisotopic (exact) mass is 418 g/mol. The molecule has 2 N–H and O–H groups in total. The van der Waals surface area contributed by atoms with Crippen LogP contribution in [0.1, 0.15) is 43.0 Å². The third-order valence-electron chi connectivity index (χ3n) is 5.84. The maximum atomic E-state index is 13.8. The Balaban J connectivity index is 1.73. The summed E-state index contributed by atoms with van der Waals surface area (Å²) in [6.45, 7) is 3.76. The van der Waals surface area contributed by atoms with Crippen molar-refractivity contribution < 1.29 is 9.59 Å². The number of para-hydroxylation sites is 2. The van der Waals surface area contributed by atoms with Gasteiger partial charge in [0, 0.05) is 22.5 Å². The number of fused-ring (bicyclic) bond motifs is 2. The summed E-state index contributed by atoms with van der Waals surface area (Å²) in [5.74, 6) is -0.267. The molecule has 0 amide bonds. The van der Waals surface area contributed by atoms with Gasteiger partial charge in [0.15, 0.2) is 11.6 Å². The van der Waals surface area contributed by atoms with Crippen LogP contribution in [0.15, 0.2) is 84.9 Å². The quantitative estimate of drug-likeness (QED) is 0.347. The second kappa shape index (κ2) is 7.82. The Hall–Kier alpha value is -4.18. The lowest BCUT2D eigenvalue weighted by atomic mass is 9.78. The molecule has 4 aromatic rings. The summed E-state index contributed by atoms with van der Waals surface area (Å²) >= 11 is 0. The van der Waals surface area contributed by atoms with Crippen LogP contribution in [0.2, 0.25) is 0 Å². The molecule has 5 rings (SSSR count). The number of anilines is 4. The van der Waals surface area contributed by atoms with E-state index < -0.39 is 0 Å². The maximum absolute atomic E-state index is 13.8. The fraction of sp³-hybridized carbons (Fsp3) is 0.0714. The Labute approximate surface area is 186 Å². The predicted molar refractivity (Wildman–Crippen MR) is 129 cm³/mol. The zero-order valence-corrected chi connectivity index (χ0v) is 17.9. The van der Waals surface area contributed by atoms with E-state index in [1.807, 2.05) is 98.8 Å². The van der Waals surface area contributed by atoms with Crippen molar-refractivity contribution >= 4 is 34.3 Å². The van der Waals surface area contributed by atoms with E-state index in [1.165, 1.54) is 0 Å². The number of aryl methyl sites for hydroxylation is 2. The van der Waals surface area contributed by atoms with Crippen molar-refractivity contribution in [3.63, 3.8) is 0 Å². The Morgan fingerprint density at radius 3 is 1.22 bits per heavy atom. The number of ketones is 2. The van der Waals surface area contributed by atoms with E-state index in [2.05, 4.69) is 10.6 Å². The van der Waals surface area contributed by atoms with E-state index in [4.69, 9.17) is 0 Å². The molecular formula is C28H22N2O2. The summed E-state index contributed by atoms with van der Waals surface area (Å²) in [6, 6.07) is 26.8. The average molecular weight is 418 g/mol. The van der Waals surface area contributed by atoms with Crippen LogP contribution in [0.25, 0.3) is 0 Å². The molecule has 0 atom stereocenters. The van der Waals surface area contributed by atoms with Crippen LogP contribution in [0.5, 0.6) is 0 Å². The molecule has 4 heteroatoms. The molecule has 0 saturated heterocycles. The first-order chi connectivity index (χ1) is 15.5. The van der Waals surface area contributed by atoms with Gasteiger partial charge in [0.05, 0.1) is 22.5 Å². The van der Waals surface area contributed by atoms with Gasteiger partial charge in [-0.15, -0.1) is 0 Å². The van der Waals surface area contributed by atoms with Crippen LogP contribution in [-0.2, 0) is 0 Å². The van der Waals surface area contributed by atoms with Gasteiger partial charge in [-0.2, -0.15) is 0 Å². The Kier molecular flexibility index (Phi) is 4.83. The van der Waals surface area contributed by atoms with Crippen molar-refractivity contribution in [2.75, 3.05) is 10.6 Å². The third kappa shape index (κ3) is 3.26. The molecule has 0 spiro atoms. The SMILES string of the molecule is Cc1ccc(C)c2c1C(=O)c1c(Nc3ccccc3)ccc(Nc3ccccc3)c1C2=O. The lowest BCUT2D eigenvalue weighted by Gasteiger charge is -2.26. The van der Waals surface area contributed by atoms with Gasteiger partial charge >= 0.3 is 0 Å². The minimum atomic E-state index is -0.133. The largest absolute Gasteiger partial charge is 0.355 e. The Bertz CT molecular complexity index is 1250. The van der Waals surface area contributed by atoms with E-state index in [-0.39, 0.29) is 11.6 Å². The summed E-state index contributed by atoms with van der Waals surface area (Å²) in [5.41, 5.74) is 6.36. The van der Waals surface area contributed by atoms with Crippen LogP contribution in [-0.4, -0.2) is 11.6 Å². The lowest BCUT2D eigenvalue weighted by Crippen LogP contribution is -2.25. The Morgan fingerprint density at radius 2 is 0.844 bits per heavy atom. The molecule has 4 nitrogen and oxygen atoms in total. The summed E-state index contributed by atoms with van der Waals surface area (Å²) in [5, 5.41) is 6.68. The van der Waals surface area contributed by atoms with Crippen LogP contribution in [0.3, 0.4) is 0 Å². The van der Waals surface area contributed by atoms with Crippen LogP contribution < -0.4 is 10.6 Å².